The van der Waals surface area contributed by atoms with Crippen LogP contribution in [0.3, 0.4) is 0 Å². The van der Waals surface area contributed by atoms with Crippen LogP contribution in [0.25, 0.3) is 260 Å². The molecule has 0 N–H and O–H groups in total. The standard InChI is InChI=1S/C125H79N9/c1-5-36-84(37-6-1)127-114-60-27-19-50-102(114)120-116(127)66-64-99-93-45-14-25-58-112(93)133(123(99)120)90-72-83(73-91(75-90)134-113-59-26-16-47-95(113)101-63-62-100-94-46-15-24-57-111(94)132(124(100)125(101)134)87-42-11-4-12-43-87)79-33-30-35-81(69-79)107-53-31-52-106(126-107)80-34-29-32-78(68-80)82-70-88(129-115-61-28-20-51-103(115)121-117(129)67-65-98-92-44-13-23-56-110(92)131(122(98)121)86-40-9-3-10-41-86)74-89(71-82)130-109-55-22-18-49-97(109)105-76-118-104(77-119(105)130)96-48-17-21-54-108(96)128(118)85-38-7-2-8-39-85/h1-26,28-59,61-77H,27,60H2. The van der Waals surface area contributed by atoms with Gasteiger partial charge in [0.1, 0.15) is 0 Å². The highest BCUT2D eigenvalue weighted by molar-refractivity contribution is 6.28. The van der Waals surface area contributed by atoms with Gasteiger partial charge in [-0.1, -0.05) is 279 Å². The lowest BCUT2D eigenvalue weighted by molar-refractivity contribution is 0.888. The number of pyridine rings is 1. The first-order valence-corrected chi connectivity index (χ1v) is 46.4. The summed E-state index contributed by atoms with van der Waals surface area (Å²) in [6.07, 6.45) is 6.68. The molecule has 0 amide bonds. The lowest BCUT2D eigenvalue weighted by Gasteiger charge is -2.18. The second-order valence-corrected chi connectivity index (χ2v) is 35.9. The molecule has 9 heterocycles. The van der Waals surface area contributed by atoms with Gasteiger partial charge in [0.2, 0.25) is 0 Å². The van der Waals surface area contributed by atoms with Gasteiger partial charge in [-0.3, -0.25) is 0 Å². The van der Waals surface area contributed by atoms with Crippen molar-refractivity contribution in [3.05, 3.63) is 460 Å². The highest BCUT2D eigenvalue weighted by atomic mass is 15.1. The maximum absolute atomic E-state index is 5.76. The van der Waals surface area contributed by atoms with Crippen molar-refractivity contribution in [2.75, 3.05) is 0 Å². The van der Waals surface area contributed by atoms with Gasteiger partial charge in [-0.2, -0.15) is 0 Å². The molecule has 1 aliphatic rings. The molecule has 624 valence electrons. The van der Waals surface area contributed by atoms with E-state index in [0.29, 0.717) is 0 Å². The third-order valence-electron chi connectivity index (χ3n) is 28.8. The Labute approximate surface area is 769 Å². The summed E-state index contributed by atoms with van der Waals surface area (Å²) in [4.78, 5) is 5.76. The monoisotopic (exact) mass is 1710 g/mol. The minimum atomic E-state index is 0.873. The van der Waals surface area contributed by atoms with Crippen molar-refractivity contribution < 1.29 is 0 Å². The lowest BCUT2D eigenvalue weighted by atomic mass is 9.98. The summed E-state index contributed by atoms with van der Waals surface area (Å²) in [7, 11) is 0. The van der Waals surface area contributed by atoms with E-state index in [1.807, 2.05) is 0 Å². The minimum absolute atomic E-state index is 0.873. The second-order valence-electron chi connectivity index (χ2n) is 35.9. The fourth-order valence-corrected chi connectivity index (χ4v) is 23.2. The molecule has 28 aromatic rings. The Morgan fingerprint density at radius 2 is 0.478 bits per heavy atom. The van der Waals surface area contributed by atoms with E-state index in [4.69, 9.17) is 4.98 Å². The number of benzene rings is 19. The molecule has 0 saturated carbocycles. The third-order valence-corrected chi connectivity index (χ3v) is 28.8. The molecular weight excluding hydrogens is 1630 g/mol. The van der Waals surface area contributed by atoms with Crippen molar-refractivity contribution in [3.8, 4) is 90.3 Å². The number of hydrogen-bond acceptors (Lipinski definition) is 1. The molecule has 0 fully saturated rings. The molecular formula is C125H79N9. The highest BCUT2D eigenvalue weighted by Gasteiger charge is 2.30. The van der Waals surface area contributed by atoms with E-state index in [2.05, 4.69) is 492 Å². The van der Waals surface area contributed by atoms with E-state index in [-0.39, 0.29) is 0 Å². The molecule has 0 radical (unpaired) electrons. The molecule has 19 aromatic carbocycles. The van der Waals surface area contributed by atoms with Gasteiger partial charge in [0.25, 0.3) is 0 Å². The van der Waals surface area contributed by atoms with Gasteiger partial charge in [0, 0.05) is 149 Å². The zero-order chi connectivity index (χ0) is 87.5. The molecule has 9 aromatic heterocycles. The second kappa shape index (κ2) is 28.9. The quantitative estimate of drug-likeness (QED) is 0.120. The molecule has 9 heteroatoms. The molecule has 134 heavy (non-hydrogen) atoms. The molecule has 1 aliphatic carbocycles. The van der Waals surface area contributed by atoms with Crippen LogP contribution in [0, 0.1) is 0 Å². The molecule has 0 saturated heterocycles. The third kappa shape index (κ3) is 10.9. The largest absolute Gasteiger partial charge is 0.313 e. The average molecular weight is 1710 g/mol. The van der Waals surface area contributed by atoms with Gasteiger partial charge in [0.15, 0.2) is 0 Å². The zero-order valence-corrected chi connectivity index (χ0v) is 72.7. The number of aromatic nitrogens is 9. The van der Waals surface area contributed by atoms with E-state index in [1.54, 1.807) is 0 Å². The van der Waals surface area contributed by atoms with Crippen molar-refractivity contribution >= 4 is 170 Å². The zero-order valence-electron chi connectivity index (χ0n) is 72.7. The van der Waals surface area contributed by atoms with Gasteiger partial charge >= 0.3 is 0 Å². The Kier molecular flexibility index (Phi) is 16.0. The summed E-state index contributed by atoms with van der Waals surface area (Å²) in [5.41, 5.74) is 36.7. The Balaban J connectivity index is 0.629. The van der Waals surface area contributed by atoms with Crippen molar-refractivity contribution in [2.24, 2.45) is 0 Å². The Morgan fingerprint density at radius 1 is 0.172 bits per heavy atom. The van der Waals surface area contributed by atoms with E-state index in [9.17, 15) is 0 Å². The molecule has 0 unspecified atom stereocenters. The van der Waals surface area contributed by atoms with Gasteiger partial charge in [-0.15, -0.1) is 0 Å². The first-order valence-electron chi connectivity index (χ1n) is 46.4. The van der Waals surface area contributed by atoms with E-state index < -0.39 is 0 Å². The van der Waals surface area contributed by atoms with Crippen LogP contribution in [0.2, 0.25) is 0 Å². The molecule has 9 nitrogen and oxygen atoms in total. The normalized spacial score (nSPS) is 12.5. The number of nitrogens with zero attached hydrogens (tertiary/aromatic N) is 9. The number of rotatable bonds is 12. The Bertz CT molecular complexity index is 9890. The summed E-state index contributed by atoms with van der Waals surface area (Å²) in [6.45, 7) is 0. The van der Waals surface area contributed by atoms with Crippen molar-refractivity contribution in [1.82, 2.24) is 41.5 Å². The molecule has 29 rings (SSSR count). The van der Waals surface area contributed by atoms with Crippen LogP contribution in [0.4, 0.5) is 0 Å². The maximum atomic E-state index is 5.76. The molecule has 0 aliphatic heterocycles. The predicted octanol–water partition coefficient (Wildman–Crippen LogP) is 32.3. The number of allylic oxidation sites excluding steroid dienone is 1. The van der Waals surface area contributed by atoms with Gasteiger partial charge in [-0.05, 0) is 211 Å². The first kappa shape index (κ1) is 74.2. The van der Waals surface area contributed by atoms with E-state index >= 15 is 0 Å². The smallest absolute Gasteiger partial charge is 0.0788 e. The van der Waals surface area contributed by atoms with Crippen LogP contribution in [0.5, 0.6) is 0 Å². The van der Waals surface area contributed by atoms with Crippen LogP contribution >= 0.6 is 0 Å². The fourth-order valence-electron chi connectivity index (χ4n) is 23.2. The Morgan fingerprint density at radius 3 is 0.933 bits per heavy atom. The average Bonchev–Trinajstić information content (AvgIpc) is 1.54. The summed E-state index contributed by atoms with van der Waals surface area (Å²) in [5, 5.41) is 18.0. The minimum Gasteiger partial charge on any atom is -0.313 e. The lowest BCUT2D eigenvalue weighted by Crippen LogP contribution is -2.02. The summed E-state index contributed by atoms with van der Waals surface area (Å²) in [6, 6.07) is 165. The van der Waals surface area contributed by atoms with Crippen LogP contribution in [0.1, 0.15) is 17.7 Å². The van der Waals surface area contributed by atoms with Crippen LogP contribution in [0.15, 0.2) is 449 Å². The number of fused-ring (bicyclic) bond motifs is 27. The van der Waals surface area contributed by atoms with Crippen molar-refractivity contribution in [2.45, 2.75) is 12.8 Å². The topological polar surface area (TPSA) is 52.3 Å². The Hall–Kier alpha value is -17.8. The molecule has 0 bridgehead atoms. The van der Waals surface area contributed by atoms with Crippen LogP contribution < -0.4 is 0 Å². The molecule has 0 spiro atoms. The summed E-state index contributed by atoms with van der Waals surface area (Å²) in [5.74, 6) is 0. The predicted molar refractivity (Wildman–Crippen MR) is 561 cm³/mol. The van der Waals surface area contributed by atoms with Crippen molar-refractivity contribution in [3.63, 3.8) is 0 Å². The van der Waals surface area contributed by atoms with E-state index in [0.717, 1.165) is 147 Å². The van der Waals surface area contributed by atoms with E-state index in [1.165, 1.54) is 131 Å². The summed E-state index contributed by atoms with van der Waals surface area (Å²) < 4.78 is 20.1. The fraction of sp³-hybridized carbons (Fsp3) is 0.0160. The highest BCUT2D eigenvalue weighted by Crippen LogP contribution is 2.50. The van der Waals surface area contributed by atoms with Crippen LogP contribution in [-0.2, 0) is 6.42 Å². The number of para-hydroxylation sites is 11. The molecule has 0 atom stereocenters. The SMILES string of the molecule is C1=Cc2c(n(-c3ccccc3)c3ccc4c5ccccc5n(-c5cc(-c6cccc(-c7cccc(-c8cccc(-c9cc(-n%10c%11ccccc%11c%11cc%12c(cc%11%10)c%10ccccc%10n%12-c%10ccccc%10)cc(-n%10c%11ccccc%11c%11c%10ccc%10c%12ccccc%12n(-c%12ccccc%12)c%10%11)c9)c8)n7)c6)cc(-n6c7ccccc7c7ccc8c9ccccc9n(-c9ccccc9)c8c76)c5)c4c23)CC1. The van der Waals surface area contributed by atoms with Gasteiger partial charge in [-0.25, -0.2) is 4.98 Å². The van der Waals surface area contributed by atoms with Crippen LogP contribution in [-0.4, -0.2) is 41.5 Å². The van der Waals surface area contributed by atoms with Gasteiger partial charge in [0.05, 0.1) is 94.1 Å². The van der Waals surface area contributed by atoms with Gasteiger partial charge < -0.3 is 36.5 Å². The maximum Gasteiger partial charge on any atom is 0.0788 e. The van der Waals surface area contributed by atoms with Crippen molar-refractivity contribution in [1.29, 1.82) is 0 Å². The summed E-state index contributed by atoms with van der Waals surface area (Å²) >= 11 is 0. The number of hydrogen-bond donors (Lipinski definition) is 0. The first-order chi connectivity index (χ1) is 66.5.